The van der Waals surface area contributed by atoms with E-state index in [1.54, 1.807) is 27.0 Å². The van der Waals surface area contributed by atoms with Crippen LogP contribution in [0.2, 0.25) is 0 Å². The van der Waals surface area contributed by atoms with Gasteiger partial charge in [0.15, 0.2) is 0 Å². The Labute approximate surface area is 127 Å². The zero-order valence-corrected chi connectivity index (χ0v) is 12.8. The number of fused-ring (bicyclic) bond motifs is 1. The minimum Gasteiger partial charge on any atom is -0.444 e. The van der Waals surface area contributed by atoms with Crippen LogP contribution in [0, 0.1) is 0 Å². The molecular formula is C16H19FN2O3. The van der Waals surface area contributed by atoms with Gasteiger partial charge in [0, 0.05) is 23.5 Å². The summed E-state index contributed by atoms with van der Waals surface area (Å²) in [4.78, 5) is 25.9. The molecule has 22 heavy (non-hydrogen) atoms. The predicted octanol–water partition coefficient (Wildman–Crippen LogP) is 3.10. The number of alkyl carbamates (subject to hydrolysis) is 1. The first-order chi connectivity index (χ1) is 10.3. The molecule has 0 aliphatic heterocycles. The number of nitrogens with one attached hydrogen (secondary N) is 2. The lowest BCUT2D eigenvalue weighted by molar-refractivity contribution is -0.131. The van der Waals surface area contributed by atoms with E-state index < -0.39 is 23.8 Å². The first kappa shape index (κ1) is 16.0. The van der Waals surface area contributed by atoms with Crippen LogP contribution in [0.1, 0.15) is 26.3 Å². The first-order valence-electron chi connectivity index (χ1n) is 7.00. The van der Waals surface area contributed by atoms with Gasteiger partial charge in [-0.15, -0.1) is 0 Å². The number of carbonyl (C=O) groups excluding carboxylic acids is 2. The van der Waals surface area contributed by atoms with Gasteiger partial charge in [-0.1, -0.05) is 18.2 Å². The number of carbonyl (C=O) groups is 2. The van der Waals surface area contributed by atoms with Crippen molar-refractivity contribution in [2.75, 3.05) is 0 Å². The van der Waals surface area contributed by atoms with E-state index in [1.165, 1.54) is 0 Å². The third-order valence-corrected chi connectivity index (χ3v) is 3.06. The van der Waals surface area contributed by atoms with E-state index >= 15 is 0 Å². The molecule has 1 aromatic heterocycles. The number of rotatable bonds is 4. The topological polar surface area (TPSA) is 71.2 Å². The van der Waals surface area contributed by atoms with Gasteiger partial charge in [0.05, 0.1) is 0 Å². The fourth-order valence-electron chi connectivity index (χ4n) is 2.16. The van der Waals surface area contributed by atoms with Crippen LogP contribution in [0.3, 0.4) is 0 Å². The van der Waals surface area contributed by atoms with E-state index in [-0.39, 0.29) is 6.42 Å². The number of aromatic nitrogens is 1. The van der Waals surface area contributed by atoms with Crippen LogP contribution >= 0.6 is 0 Å². The van der Waals surface area contributed by atoms with Crippen molar-refractivity contribution in [2.24, 2.45) is 0 Å². The van der Waals surface area contributed by atoms with Gasteiger partial charge in [-0.2, -0.15) is 4.39 Å². The Bertz CT molecular complexity index is 688. The second kappa shape index (κ2) is 6.17. The maximum Gasteiger partial charge on any atom is 0.408 e. The van der Waals surface area contributed by atoms with Gasteiger partial charge in [0.2, 0.25) is 0 Å². The van der Waals surface area contributed by atoms with Gasteiger partial charge < -0.3 is 15.0 Å². The summed E-state index contributed by atoms with van der Waals surface area (Å²) in [7, 11) is 0. The molecule has 2 aromatic rings. The highest BCUT2D eigenvalue weighted by molar-refractivity contribution is 5.85. The second-order valence-electron chi connectivity index (χ2n) is 6.07. The van der Waals surface area contributed by atoms with E-state index in [4.69, 9.17) is 4.74 Å². The molecule has 0 spiro atoms. The highest BCUT2D eigenvalue weighted by atomic mass is 19.1. The average molecular weight is 306 g/mol. The maximum absolute atomic E-state index is 13.2. The molecule has 0 aliphatic rings. The van der Waals surface area contributed by atoms with Crippen LogP contribution in [0.25, 0.3) is 10.9 Å². The lowest BCUT2D eigenvalue weighted by Gasteiger charge is -2.21. The molecule has 0 fully saturated rings. The Balaban J connectivity index is 2.12. The summed E-state index contributed by atoms with van der Waals surface area (Å²) in [5.74, 6) is 0. The van der Waals surface area contributed by atoms with Gasteiger partial charge >= 0.3 is 12.1 Å². The zero-order valence-electron chi connectivity index (χ0n) is 12.8. The van der Waals surface area contributed by atoms with E-state index in [1.807, 2.05) is 24.3 Å². The number of halogens is 1. The zero-order chi connectivity index (χ0) is 16.3. The number of benzene rings is 1. The van der Waals surface area contributed by atoms with Crippen molar-refractivity contribution in [1.82, 2.24) is 10.3 Å². The molecular weight excluding hydrogens is 287 g/mol. The summed E-state index contributed by atoms with van der Waals surface area (Å²) in [6.45, 7) is 5.08. The Hall–Kier alpha value is -2.37. The Morgan fingerprint density at radius 3 is 2.64 bits per heavy atom. The van der Waals surface area contributed by atoms with Crippen molar-refractivity contribution < 1.29 is 18.7 Å². The van der Waals surface area contributed by atoms with E-state index in [0.29, 0.717) is 0 Å². The molecule has 0 aliphatic carbocycles. The van der Waals surface area contributed by atoms with Crippen LogP contribution < -0.4 is 5.32 Å². The minimum absolute atomic E-state index is 0.0542. The monoisotopic (exact) mass is 306 g/mol. The molecule has 1 heterocycles. The molecule has 0 radical (unpaired) electrons. The summed E-state index contributed by atoms with van der Waals surface area (Å²) < 4.78 is 18.3. The lowest BCUT2D eigenvalue weighted by Crippen LogP contribution is -2.43. The van der Waals surface area contributed by atoms with Gasteiger partial charge in [-0.25, -0.2) is 4.79 Å². The Kier molecular flexibility index (Phi) is 4.49. The summed E-state index contributed by atoms with van der Waals surface area (Å²) >= 11 is 0. The number of para-hydroxylation sites is 1. The normalized spacial score (nSPS) is 12.9. The van der Waals surface area contributed by atoms with Crippen LogP contribution in [0.15, 0.2) is 30.5 Å². The largest absolute Gasteiger partial charge is 0.444 e. The van der Waals surface area contributed by atoms with E-state index in [0.717, 1.165) is 16.5 Å². The molecule has 2 N–H and O–H groups in total. The van der Waals surface area contributed by atoms with Crippen molar-refractivity contribution in [3.63, 3.8) is 0 Å². The molecule has 2 rings (SSSR count). The number of hydrogen-bond donors (Lipinski definition) is 2. The second-order valence-corrected chi connectivity index (χ2v) is 6.07. The SMILES string of the molecule is CC(C)(C)OC(=O)NC(Cc1c[nH]c2ccccc12)C(=O)F. The lowest BCUT2D eigenvalue weighted by atomic mass is 10.1. The molecule has 0 bridgehead atoms. The molecule has 5 nitrogen and oxygen atoms in total. The maximum atomic E-state index is 13.2. The van der Waals surface area contributed by atoms with Gasteiger partial charge in [-0.05, 0) is 32.4 Å². The van der Waals surface area contributed by atoms with Crippen LogP contribution in [-0.2, 0) is 16.0 Å². The van der Waals surface area contributed by atoms with Gasteiger partial charge in [0.1, 0.15) is 11.6 Å². The Morgan fingerprint density at radius 1 is 1.32 bits per heavy atom. The van der Waals surface area contributed by atoms with Crippen molar-refractivity contribution in [3.05, 3.63) is 36.0 Å². The van der Waals surface area contributed by atoms with Gasteiger partial charge in [-0.3, -0.25) is 4.79 Å². The fraction of sp³-hybridized carbons (Fsp3) is 0.375. The van der Waals surface area contributed by atoms with Crippen LogP contribution in [-0.4, -0.2) is 28.8 Å². The summed E-state index contributed by atoms with van der Waals surface area (Å²) in [5.41, 5.74) is 0.928. The molecule has 1 atom stereocenters. The third kappa shape index (κ3) is 4.07. The molecule has 118 valence electrons. The summed E-state index contributed by atoms with van der Waals surface area (Å²) in [6.07, 6.45) is 0.944. The molecule has 1 unspecified atom stereocenters. The molecule has 0 saturated heterocycles. The van der Waals surface area contributed by atoms with Crippen molar-refractivity contribution in [1.29, 1.82) is 0 Å². The highest BCUT2D eigenvalue weighted by Gasteiger charge is 2.25. The predicted molar refractivity (Wildman–Crippen MR) is 81.3 cm³/mol. The first-order valence-corrected chi connectivity index (χ1v) is 7.00. The molecule has 6 heteroatoms. The number of H-pyrrole nitrogens is 1. The standard InChI is InChI=1S/C16H19FN2O3/c1-16(2,3)22-15(21)19-13(14(17)20)8-10-9-18-12-7-5-4-6-11(10)12/h4-7,9,13,18H,8H2,1-3H3,(H,19,21). The number of ether oxygens (including phenoxy) is 1. The number of hydrogen-bond acceptors (Lipinski definition) is 3. The van der Waals surface area contributed by atoms with Crippen LogP contribution in [0.5, 0.6) is 0 Å². The van der Waals surface area contributed by atoms with Crippen molar-refractivity contribution in [3.8, 4) is 0 Å². The molecule has 1 amide bonds. The van der Waals surface area contributed by atoms with Crippen molar-refractivity contribution in [2.45, 2.75) is 38.8 Å². The van der Waals surface area contributed by atoms with Crippen LogP contribution in [0.4, 0.5) is 9.18 Å². The summed E-state index contributed by atoms with van der Waals surface area (Å²) in [5, 5.41) is 3.17. The Morgan fingerprint density at radius 2 is 2.00 bits per heavy atom. The van der Waals surface area contributed by atoms with Gasteiger partial charge in [0.25, 0.3) is 0 Å². The summed E-state index contributed by atoms with van der Waals surface area (Å²) in [6, 6.07) is 4.61. The van der Waals surface area contributed by atoms with E-state index in [9.17, 15) is 14.0 Å². The molecule has 1 aromatic carbocycles. The third-order valence-electron chi connectivity index (χ3n) is 3.06. The highest BCUT2D eigenvalue weighted by Crippen LogP contribution is 2.19. The van der Waals surface area contributed by atoms with Crippen molar-refractivity contribution >= 4 is 23.0 Å². The molecule has 0 saturated carbocycles. The minimum atomic E-state index is -1.60. The quantitative estimate of drug-likeness (QED) is 0.853. The smallest absolute Gasteiger partial charge is 0.408 e. The number of amides is 1. The number of aromatic amines is 1. The fourth-order valence-corrected chi connectivity index (χ4v) is 2.16. The average Bonchev–Trinajstić information content (AvgIpc) is 2.79. The van der Waals surface area contributed by atoms with E-state index in [2.05, 4.69) is 10.3 Å².